The van der Waals surface area contributed by atoms with Crippen LogP contribution in [0.15, 0.2) is 41.5 Å². The Bertz CT molecular complexity index is 1010. The lowest BCUT2D eigenvalue weighted by Gasteiger charge is -2.36. The molecule has 31 heavy (non-hydrogen) atoms. The van der Waals surface area contributed by atoms with Crippen LogP contribution in [0.4, 0.5) is 32.0 Å². The number of benzene rings is 1. The third-order valence-corrected chi connectivity index (χ3v) is 4.64. The molecule has 0 spiro atoms. The van der Waals surface area contributed by atoms with Crippen molar-refractivity contribution in [1.29, 1.82) is 0 Å². The summed E-state index contributed by atoms with van der Waals surface area (Å²) in [5.41, 5.74) is 2.90. The van der Waals surface area contributed by atoms with Gasteiger partial charge in [0.15, 0.2) is 6.10 Å². The molecule has 1 aromatic carbocycles. The molecule has 1 aliphatic rings. The average molecular weight is 446 g/mol. The molecule has 1 aromatic heterocycles. The molecule has 1 amide bonds. The van der Waals surface area contributed by atoms with Gasteiger partial charge in [-0.3, -0.25) is 9.78 Å². The number of carbonyl (C=O) groups is 1. The number of rotatable bonds is 4. The number of aromatic nitrogens is 1. The van der Waals surface area contributed by atoms with Crippen LogP contribution in [0.5, 0.6) is 0 Å². The molecule has 2 aromatic rings. The highest BCUT2D eigenvalue weighted by Gasteiger charge is 2.50. The number of anilines is 1. The second-order valence-electron chi connectivity index (χ2n) is 7.00. The maximum atomic E-state index is 14.5. The summed E-state index contributed by atoms with van der Waals surface area (Å²) in [7, 11) is 0. The van der Waals surface area contributed by atoms with E-state index in [2.05, 4.69) is 20.0 Å². The fourth-order valence-electron chi connectivity index (χ4n) is 3.10. The molecule has 166 valence electrons. The summed E-state index contributed by atoms with van der Waals surface area (Å²) in [6.45, 7) is 1.26. The van der Waals surface area contributed by atoms with Gasteiger partial charge >= 0.3 is 6.18 Å². The number of ether oxygens (including phenoxy) is 1. The van der Waals surface area contributed by atoms with Gasteiger partial charge in [-0.15, -0.1) is 0 Å². The van der Waals surface area contributed by atoms with Gasteiger partial charge in [0.25, 0.3) is 18.4 Å². The topological polar surface area (TPSA) is 89.6 Å². The Labute approximate surface area is 172 Å². The van der Waals surface area contributed by atoms with Crippen LogP contribution in [0.1, 0.15) is 41.4 Å². The van der Waals surface area contributed by atoms with Crippen LogP contribution in [0, 0.1) is 5.82 Å². The Morgan fingerprint density at radius 1 is 1.29 bits per heavy atom. The van der Waals surface area contributed by atoms with Gasteiger partial charge in [0.2, 0.25) is 0 Å². The highest BCUT2D eigenvalue weighted by molar-refractivity contribution is 6.02. The lowest BCUT2D eigenvalue weighted by molar-refractivity contribution is -0.208. The predicted octanol–water partition coefficient (Wildman–Crippen LogP) is 4.29. The molecule has 2 atom stereocenters. The van der Waals surface area contributed by atoms with E-state index in [4.69, 9.17) is 5.73 Å². The van der Waals surface area contributed by atoms with Gasteiger partial charge in [0.1, 0.15) is 11.5 Å². The molecule has 0 fully saturated rings. The third kappa shape index (κ3) is 4.89. The van der Waals surface area contributed by atoms with Crippen molar-refractivity contribution in [1.82, 2.24) is 4.98 Å². The smallest absolute Gasteiger partial charge is 0.425 e. The summed E-state index contributed by atoms with van der Waals surface area (Å²) in [6, 6.07) is 4.62. The fourth-order valence-corrected chi connectivity index (χ4v) is 3.10. The van der Waals surface area contributed by atoms with Crippen molar-refractivity contribution in [3.8, 4) is 0 Å². The zero-order chi connectivity index (χ0) is 23.0. The number of aliphatic imine (C=N–C) groups is 1. The molecule has 0 aliphatic carbocycles. The zero-order valence-electron chi connectivity index (χ0n) is 15.9. The summed E-state index contributed by atoms with van der Waals surface area (Å²) in [5.74, 6) is -1.65. The van der Waals surface area contributed by atoms with Crippen molar-refractivity contribution in [2.24, 2.45) is 10.7 Å². The van der Waals surface area contributed by atoms with E-state index < -0.39 is 48.4 Å². The molecule has 1 aliphatic heterocycles. The second-order valence-corrected chi connectivity index (χ2v) is 7.00. The first-order valence-electron chi connectivity index (χ1n) is 8.83. The van der Waals surface area contributed by atoms with E-state index in [1.54, 1.807) is 0 Å². The number of nitrogens with two attached hydrogens (primary N) is 1. The fraction of sp³-hybridized carbons (Fsp3) is 0.316. The molecule has 6 nitrogen and oxygen atoms in total. The van der Waals surface area contributed by atoms with Crippen LogP contribution in [-0.4, -0.2) is 29.2 Å². The normalized spacial score (nSPS) is 21.4. The minimum Gasteiger partial charge on any atom is -0.452 e. The van der Waals surface area contributed by atoms with Crippen molar-refractivity contribution in [3.63, 3.8) is 0 Å². The van der Waals surface area contributed by atoms with E-state index in [1.165, 1.54) is 13.0 Å². The van der Waals surface area contributed by atoms with E-state index in [9.17, 15) is 31.1 Å². The van der Waals surface area contributed by atoms with E-state index in [0.717, 1.165) is 30.5 Å². The van der Waals surface area contributed by atoms with Crippen LogP contribution in [-0.2, 0) is 10.3 Å². The van der Waals surface area contributed by atoms with E-state index in [0.29, 0.717) is 0 Å². The maximum absolute atomic E-state index is 14.5. The molecular weight excluding hydrogens is 430 g/mol. The second kappa shape index (κ2) is 8.08. The van der Waals surface area contributed by atoms with Crippen LogP contribution < -0.4 is 11.1 Å². The maximum Gasteiger partial charge on any atom is 0.425 e. The van der Waals surface area contributed by atoms with Crippen molar-refractivity contribution in [2.45, 2.75) is 37.6 Å². The first-order chi connectivity index (χ1) is 14.4. The minimum atomic E-state index is -4.75. The van der Waals surface area contributed by atoms with Gasteiger partial charge in [-0.05, 0) is 37.3 Å². The van der Waals surface area contributed by atoms with Crippen LogP contribution in [0.2, 0.25) is 0 Å². The Kier molecular flexibility index (Phi) is 5.83. The van der Waals surface area contributed by atoms with Gasteiger partial charge in [0, 0.05) is 29.4 Å². The lowest BCUT2D eigenvalue weighted by Crippen LogP contribution is -2.46. The van der Waals surface area contributed by atoms with E-state index in [1.807, 2.05) is 0 Å². The molecule has 2 heterocycles. The number of pyridine rings is 1. The number of alkyl halides is 5. The highest BCUT2D eigenvalue weighted by Crippen LogP contribution is 2.41. The average Bonchev–Trinajstić information content (AvgIpc) is 2.68. The molecule has 0 unspecified atom stereocenters. The summed E-state index contributed by atoms with van der Waals surface area (Å²) >= 11 is 0. The molecule has 3 N–H and O–H groups in total. The summed E-state index contributed by atoms with van der Waals surface area (Å²) < 4.78 is 83.7. The van der Waals surface area contributed by atoms with Crippen LogP contribution in [0.3, 0.4) is 0 Å². The molecule has 0 bridgehead atoms. The predicted molar refractivity (Wildman–Crippen MR) is 98.1 cm³/mol. The molecule has 0 radical (unpaired) electrons. The molecule has 3 rings (SSSR count). The minimum absolute atomic E-state index is 0.0335. The standard InChI is InChI=1S/C19H16F6N4O2/c1-18(7-14(19(23,24)25)31-17(26)29-18)11-6-10(3-4-12(11)20)28-16(30)13-5-2-9(8-27-13)15(21)22/h2-6,8,14-15H,7H2,1H3,(H2,26,29)(H,28,30)/t14-,18+/m0/s1. The highest BCUT2D eigenvalue weighted by atomic mass is 19.4. The summed E-state index contributed by atoms with van der Waals surface area (Å²) in [4.78, 5) is 19.8. The summed E-state index contributed by atoms with van der Waals surface area (Å²) in [6.07, 6.45) is -9.68. The Hall–Kier alpha value is -3.31. The Balaban J connectivity index is 1.88. The first kappa shape index (κ1) is 22.4. The zero-order valence-corrected chi connectivity index (χ0v) is 15.9. The van der Waals surface area contributed by atoms with Crippen molar-refractivity contribution < 1.29 is 35.9 Å². The van der Waals surface area contributed by atoms with Gasteiger partial charge in [0.05, 0.1) is 5.54 Å². The van der Waals surface area contributed by atoms with Gasteiger partial charge in [-0.1, -0.05) is 0 Å². The molecule has 12 heteroatoms. The van der Waals surface area contributed by atoms with Crippen molar-refractivity contribution in [3.05, 3.63) is 59.2 Å². The van der Waals surface area contributed by atoms with E-state index >= 15 is 0 Å². The largest absolute Gasteiger partial charge is 0.452 e. The van der Waals surface area contributed by atoms with Gasteiger partial charge < -0.3 is 15.8 Å². The molecular formula is C19H16F6N4O2. The molecule has 0 saturated heterocycles. The van der Waals surface area contributed by atoms with Crippen molar-refractivity contribution in [2.75, 3.05) is 5.32 Å². The molecule has 0 saturated carbocycles. The first-order valence-corrected chi connectivity index (χ1v) is 8.83. The van der Waals surface area contributed by atoms with Gasteiger partial charge in [-0.25, -0.2) is 18.2 Å². The number of hydrogen-bond acceptors (Lipinski definition) is 5. The number of halogens is 6. The van der Waals surface area contributed by atoms with E-state index in [-0.39, 0.29) is 22.5 Å². The Morgan fingerprint density at radius 3 is 2.58 bits per heavy atom. The lowest BCUT2D eigenvalue weighted by atomic mass is 9.85. The monoisotopic (exact) mass is 446 g/mol. The number of carbonyl (C=O) groups excluding carboxylic acids is 1. The SMILES string of the molecule is C[C@]1(c2cc(NC(=O)c3ccc(C(F)F)cn3)ccc2F)C[C@@H](C(F)(F)F)OC(N)=N1. The summed E-state index contributed by atoms with van der Waals surface area (Å²) in [5, 5.41) is 2.39. The quantitative estimate of drug-likeness (QED) is 0.686. The van der Waals surface area contributed by atoms with Crippen LogP contribution >= 0.6 is 0 Å². The number of nitrogens with zero attached hydrogens (tertiary/aromatic N) is 2. The van der Waals surface area contributed by atoms with Crippen LogP contribution in [0.25, 0.3) is 0 Å². The number of nitrogens with one attached hydrogen (secondary N) is 1. The Morgan fingerprint density at radius 2 is 2.00 bits per heavy atom. The number of amides is 1. The third-order valence-electron chi connectivity index (χ3n) is 4.64. The van der Waals surface area contributed by atoms with Crippen molar-refractivity contribution >= 4 is 17.6 Å². The number of amidine groups is 1. The van der Waals surface area contributed by atoms with Gasteiger partial charge in [-0.2, -0.15) is 13.2 Å². The number of hydrogen-bond donors (Lipinski definition) is 2.